The molecule has 4 heteroatoms. The van der Waals surface area contributed by atoms with Crippen LogP contribution < -0.4 is 16.4 Å². The maximum Gasteiger partial charge on any atom is 0.0962 e. The normalized spacial score (nSPS) is 32.8. The number of piperazine rings is 1. The van der Waals surface area contributed by atoms with Gasteiger partial charge in [0.2, 0.25) is 0 Å². The van der Waals surface area contributed by atoms with Crippen molar-refractivity contribution in [3.05, 3.63) is 11.9 Å². The number of nitrogens with two attached hydrogens (primary N) is 1. The summed E-state index contributed by atoms with van der Waals surface area (Å²) >= 11 is 0. The summed E-state index contributed by atoms with van der Waals surface area (Å²) in [7, 11) is 0. The molecule has 92 valence electrons. The molecule has 0 radical (unpaired) electrons. The van der Waals surface area contributed by atoms with Gasteiger partial charge in [0, 0.05) is 31.7 Å². The van der Waals surface area contributed by atoms with E-state index in [4.69, 9.17) is 5.73 Å². The largest absolute Gasteiger partial charge is 0.386 e. The van der Waals surface area contributed by atoms with Gasteiger partial charge in [-0.15, -0.1) is 0 Å². The summed E-state index contributed by atoms with van der Waals surface area (Å²) in [6.07, 6.45) is 6.05. The van der Waals surface area contributed by atoms with E-state index >= 15 is 0 Å². The Kier molecular flexibility index (Phi) is 4.07. The standard InChI is InChI=1S/C12H24N4/c1-10-9-16(7-6-14-10)12(13)8-11-4-2-3-5-15-11/h8,10-11,14-15H,2-7,9,13H2,1H3/b12-8-/t10-,11?/m0/s1. The molecule has 1 unspecified atom stereocenters. The highest BCUT2D eigenvalue weighted by atomic mass is 15.2. The second kappa shape index (κ2) is 5.55. The molecule has 2 fully saturated rings. The van der Waals surface area contributed by atoms with Crippen LogP contribution in [0.1, 0.15) is 26.2 Å². The van der Waals surface area contributed by atoms with Crippen LogP contribution >= 0.6 is 0 Å². The molecule has 4 nitrogen and oxygen atoms in total. The van der Waals surface area contributed by atoms with Gasteiger partial charge in [0.05, 0.1) is 5.82 Å². The minimum Gasteiger partial charge on any atom is -0.386 e. The molecule has 4 N–H and O–H groups in total. The topological polar surface area (TPSA) is 53.3 Å². The molecule has 0 spiro atoms. The number of hydrogen-bond acceptors (Lipinski definition) is 4. The maximum absolute atomic E-state index is 6.16. The van der Waals surface area contributed by atoms with Crippen molar-refractivity contribution in [1.29, 1.82) is 0 Å². The summed E-state index contributed by atoms with van der Waals surface area (Å²) in [6, 6.07) is 1.03. The van der Waals surface area contributed by atoms with Crippen LogP contribution in [0.5, 0.6) is 0 Å². The van der Waals surface area contributed by atoms with Gasteiger partial charge in [-0.3, -0.25) is 0 Å². The average molecular weight is 224 g/mol. The summed E-state index contributed by atoms with van der Waals surface area (Å²) in [5.74, 6) is 0.952. The highest BCUT2D eigenvalue weighted by Crippen LogP contribution is 2.11. The van der Waals surface area contributed by atoms with E-state index in [0.717, 1.165) is 32.0 Å². The van der Waals surface area contributed by atoms with Gasteiger partial charge in [0.1, 0.15) is 0 Å². The molecule has 0 aromatic rings. The van der Waals surface area contributed by atoms with Crippen LogP contribution in [0.4, 0.5) is 0 Å². The van der Waals surface area contributed by atoms with Crippen molar-refractivity contribution in [3.8, 4) is 0 Å². The van der Waals surface area contributed by atoms with Crippen LogP contribution in [0.3, 0.4) is 0 Å². The van der Waals surface area contributed by atoms with Crippen molar-refractivity contribution in [3.63, 3.8) is 0 Å². The Hall–Kier alpha value is -0.740. The van der Waals surface area contributed by atoms with Crippen LogP contribution in [0.25, 0.3) is 0 Å². The molecule has 2 saturated heterocycles. The second-order valence-electron chi connectivity index (χ2n) is 4.95. The van der Waals surface area contributed by atoms with Gasteiger partial charge < -0.3 is 21.3 Å². The van der Waals surface area contributed by atoms with Crippen LogP contribution in [-0.2, 0) is 0 Å². The Morgan fingerprint density at radius 1 is 1.31 bits per heavy atom. The first-order chi connectivity index (χ1) is 7.75. The first kappa shape index (κ1) is 11.7. The molecular formula is C12H24N4. The quantitative estimate of drug-likeness (QED) is 0.628. The van der Waals surface area contributed by atoms with Crippen molar-refractivity contribution in [2.24, 2.45) is 5.73 Å². The van der Waals surface area contributed by atoms with Gasteiger partial charge in [0.15, 0.2) is 0 Å². The molecular weight excluding hydrogens is 200 g/mol. The zero-order valence-corrected chi connectivity index (χ0v) is 10.2. The third-order valence-corrected chi connectivity index (χ3v) is 3.45. The molecule has 0 amide bonds. The number of nitrogens with one attached hydrogen (secondary N) is 2. The molecule has 2 aliphatic heterocycles. The fourth-order valence-electron chi connectivity index (χ4n) is 2.50. The highest BCUT2D eigenvalue weighted by molar-refractivity contribution is 5.05. The predicted octanol–water partition coefficient (Wildman–Crippen LogP) is 0.222. The van der Waals surface area contributed by atoms with E-state index in [1.807, 2.05) is 0 Å². The van der Waals surface area contributed by atoms with E-state index in [1.54, 1.807) is 0 Å². The highest BCUT2D eigenvalue weighted by Gasteiger charge is 2.17. The van der Waals surface area contributed by atoms with E-state index in [2.05, 4.69) is 28.5 Å². The number of hydrogen-bond donors (Lipinski definition) is 3. The lowest BCUT2D eigenvalue weighted by atomic mass is 10.0. The third-order valence-electron chi connectivity index (χ3n) is 3.45. The number of rotatable bonds is 2. The van der Waals surface area contributed by atoms with Crippen molar-refractivity contribution < 1.29 is 0 Å². The van der Waals surface area contributed by atoms with Crippen molar-refractivity contribution in [1.82, 2.24) is 15.5 Å². The van der Waals surface area contributed by atoms with Gasteiger partial charge in [-0.25, -0.2) is 0 Å². The van der Waals surface area contributed by atoms with Crippen LogP contribution in [-0.4, -0.2) is 43.2 Å². The van der Waals surface area contributed by atoms with Gasteiger partial charge in [-0.1, -0.05) is 6.42 Å². The first-order valence-electron chi connectivity index (χ1n) is 6.45. The summed E-state index contributed by atoms with van der Waals surface area (Å²) in [6.45, 7) is 6.42. The smallest absolute Gasteiger partial charge is 0.0962 e. The van der Waals surface area contributed by atoms with Crippen molar-refractivity contribution >= 4 is 0 Å². The van der Waals surface area contributed by atoms with Crippen LogP contribution in [0, 0.1) is 0 Å². The van der Waals surface area contributed by atoms with E-state index in [1.165, 1.54) is 19.3 Å². The SMILES string of the molecule is C[C@H]1CN(/C(N)=C\C2CCCCN2)CCN1. The summed E-state index contributed by atoms with van der Waals surface area (Å²) < 4.78 is 0. The molecule has 2 rings (SSSR count). The lowest BCUT2D eigenvalue weighted by Gasteiger charge is -2.34. The summed E-state index contributed by atoms with van der Waals surface area (Å²) in [5, 5.41) is 6.93. The van der Waals surface area contributed by atoms with E-state index in [-0.39, 0.29) is 0 Å². The Bertz CT molecular complexity index is 245. The van der Waals surface area contributed by atoms with E-state index < -0.39 is 0 Å². The van der Waals surface area contributed by atoms with E-state index in [9.17, 15) is 0 Å². The van der Waals surface area contributed by atoms with Gasteiger partial charge in [-0.05, 0) is 32.4 Å². The van der Waals surface area contributed by atoms with Gasteiger partial charge in [-0.2, -0.15) is 0 Å². The minimum absolute atomic E-state index is 0.485. The molecule has 0 aliphatic carbocycles. The fraction of sp³-hybridized carbons (Fsp3) is 0.833. The molecule has 2 heterocycles. The zero-order chi connectivity index (χ0) is 11.4. The average Bonchev–Trinajstić information content (AvgIpc) is 2.30. The van der Waals surface area contributed by atoms with Crippen LogP contribution in [0.15, 0.2) is 11.9 Å². The second-order valence-corrected chi connectivity index (χ2v) is 4.95. The van der Waals surface area contributed by atoms with Gasteiger partial charge in [0.25, 0.3) is 0 Å². The zero-order valence-electron chi connectivity index (χ0n) is 10.2. The Labute approximate surface area is 98.3 Å². The summed E-state index contributed by atoms with van der Waals surface area (Å²) in [5.41, 5.74) is 6.16. The fourth-order valence-corrected chi connectivity index (χ4v) is 2.50. The Morgan fingerprint density at radius 3 is 2.88 bits per heavy atom. The maximum atomic E-state index is 6.16. The Balaban J connectivity index is 1.89. The number of nitrogens with zero attached hydrogens (tertiary/aromatic N) is 1. The molecule has 2 atom stereocenters. The molecule has 16 heavy (non-hydrogen) atoms. The molecule has 0 bridgehead atoms. The third kappa shape index (κ3) is 3.12. The predicted molar refractivity (Wildman–Crippen MR) is 66.9 cm³/mol. The minimum atomic E-state index is 0.485. The molecule has 2 aliphatic rings. The molecule has 0 aromatic carbocycles. The lowest BCUT2D eigenvalue weighted by Crippen LogP contribution is -2.50. The summed E-state index contributed by atoms with van der Waals surface area (Å²) in [4.78, 5) is 2.29. The van der Waals surface area contributed by atoms with Crippen LogP contribution in [0.2, 0.25) is 0 Å². The van der Waals surface area contributed by atoms with E-state index in [0.29, 0.717) is 12.1 Å². The molecule has 0 saturated carbocycles. The van der Waals surface area contributed by atoms with Crippen molar-refractivity contribution in [2.75, 3.05) is 26.2 Å². The molecule has 0 aromatic heterocycles. The Morgan fingerprint density at radius 2 is 2.19 bits per heavy atom. The van der Waals surface area contributed by atoms with Gasteiger partial charge >= 0.3 is 0 Å². The monoisotopic (exact) mass is 224 g/mol. The first-order valence-corrected chi connectivity index (χ1v) is 6.45. The number of piperidine rings is 1. The lowest BCUT2D eigenvalue weighted by molar-refractivity contribution is 0.251. The van der Waals surface area contributed by atoms with Crippen molar-refractivity contribution in [2.45, 2.75) is 38.3 Å².